The van der Waals surface area contributed by atoms with E-state index in [-0.39, 0.29) is 17.5 Å². The molecule has 0 saturated heterocycles. The van der Waals surface area contributed by atoms with Crippen LogP contribution in [-0.2, 0) is 13.2 Å². The van der Waals surface area contributed by atoms with Crippen LogP contribution >= 0.6 is 11.3 Å². The molecule has 8 heteroatoms. The number of unbranched alkanes of at least 4 members (excludes halogenated alkanes) is 1. The summed E-state index contributed by atoms with van der Waals surface area (Å²) in [5, 5.41) is 3.97. The smallest absolute Gasteiger partial charge is 0.337 e. The summed E-state index contributed by atoms with van der Waals surface area (Å²) in [4.78, 5) is 16.0. The molecule has 0 N–H and O–H groups in total. The quantitative estimate of drug-likeness (QED) is 0.586. The van der Waals surface area contributed by atoms with Gasteiger partial charge in [-0.05, 0) is 37.0 Å². The van der Waals surface area contributed by atoms with Gasteiger partial charge in [0.05, 0.1) is 9.75 Å². The van der Waals surface area contributed by atoms with E-state index in [0.717, 1.165) is 30.0 Å². The van der Waals surface area contributed by atoms with Crippen LogP contribution in [0.25, 0.3) is 10.6 Å². The summed E-state index contributed by atoms with van der Waals surface area (Å²) in [6, 6.07) is 4.37. The van der Waals surface area contributed by atoms with E-state index < -0.39 is 11.9 Å². The standard InChI is InChI=1S/C21H24F3N3OS/c1-3-4-12-27(14-15-8-6-5-7-9-15)20(28)18-11-10-17(29-18)16-13-19(21(22,23)24)26(2)25-16/h5-8,10-11,13,15H,3-4,9,12,14H2,1-2H3. The number of alkyl halides is 3. The fraction of sp³-hybridized carbons (Fsp3) is 0.429. The molecule has 0 radical (unpaired) electrons. The van der Waals surface area contributed by atoms with Crippen LogP contribution in [-0.4, -0.2) is 33.7 Å². The molecule has 2 heterocycles. The van der Waals surface area contributed by atoms with Gasteiger partial charge in [0, 0.05) is 20.1 Å². The summed E-state index contributed by atoms with van der Waals surface area (Å²) in [6.45, 7) is 3.38. The first-order valence-electron chi connectivity index (χ1n) is 9.63. The van der Waals surface area contributed by atoms with Crippen molar-refractivity contribution in [3.63, 3.8) is 0 Å². The first kappa shape index (κ1) is 21.4. The highest BCUT2D eigenvalue weighted by molar-refractivity contribution is 7.17. The van der Waals surface area contributed by atoms with Gasteiger partial charge in [-0.25, -0.2) is 0 Å². The summed E-state index contributed by atoms with van der Waals surface area (Å²) in [6.07, 6.45) is 6.53. The molecular formula is C21H24F3N3OS. The highest BCUT2D eigenvalue weighted by Crippen LogP contribution is 2.34. The fourth-order valence-corrected chi connectivity index (χ4v) is 4.20. The molecule has 1 amide bonds. The lowest BCUT2D eigenvalue weighted by atomic mass is 10.00. The molecule has 0 saturated carbocycles. The minimum absolute atomic E-state index is 0.0790. The molecule has 29 heavy (non-hydrogen) atoms. The Morgan fingerprint density at radius 2 is 2.14 bits per heavy atom. The van der Waals surface area contributed by atoms with E-state index in [1.54, 1.807) is 12.1 Å². The molecule has 1 aliphatic carbocycles. The second kappa shape index (κ2) is 8.98. The average molecular weight is 424 g/mol. The summed E-state index contributed by atoms with van der Waals surface area (Å²) < 4.78 is 39.9. The zero-order chi connectivity index (χ0) is 21.0. The maximum Gasteiger partial charge on any atom is 0.433 e. The summed E-state index contributed by atoms with van der Waals surface area (Å²) in [5.74, 6) is 0.204. The second-order valence-corrected chi connectivity index (χ2v) is 8.20. The molecule has 2 aromatic rings. The van der Waals surface area contributed by atoms with Crippen LogP contribution in [0.15, 0.2) is 42.5 Å². The van der Waals surface area contributed by atoms with Crippen molar-refractivity contribution in [1.29, 1.82) is 0 Å². The van der Waals surface area contributed by atoms with E-state index in [1.165, 1.54) is 18.4 Å². The van der Waals surface area contributed by atoms with Gasteiger partial charge < -0.3 is 4.90 Å². The third-order valence-corrected chi connectivity index (χ3v) is 5.93. The minimum Gasteiger partial charge on any atom is -0.337 e. The molecule has 0 aliphatic heterocycles. The van der Waals surface area contributed by atoms with Crippen LogP contribution in [0.1, 0.15) is 41.6 Å². The number of aryl methyl sites for hydroxylation is 1. The summed E-state index contributed by atoms with van der Waals surface area (Å²) in [7, 11) is 1.27. The van der Waals surface area contributed by atoms with Crippen LogP contribution in [0.2, 0.25) is 0 Å². The Labute approximate surface area is 172 Å². The molecule has 0 aromatic carbocycles. The first-order chi connectivity index (χ1) is 13.8. The van der Waals surface area contributed by atoms with Crippen molar-refractivity contribution >= 4 is 17.2 Å². The molecule has 1 unspecified atom stereocenters. The Balaban J connectivity index is 1.78. The Hall–Kier alpha value is -2.35. The molecule has 3 rings (SSSR count). The van der Waals surface area contributed by atoms with Gasteiger partial charge in [-0.2, -0.15) is 18.3 Å². The monoisotopic (exact) mass is 423 g/mol. The van der Waals surface area contributed by atoms with Gasteiger partial charge in [0.15, 0.2) is 0 Å². The van der Waals surface area contributed by atoms with Crippen LogP contribution < -0.4 is 0 Å². The highest BCUT2D eigenvalue weighted by atomic mass is 32.1. The molecule has 0 bridgehead atoms. The van der Waals surface area contributed by atoms with Crippen molar-refractivity contribution < 1.29 is 18.0 Å². The lowest BCUT2D eigenvalue weighted by Crippen LogP contribution is -2.35. The molecule has 2 aromatic heterocycles. The third-order valence-electron chi connectivity index (χ3n) is 4.83. The zero-order valence-electron chi connectivity index (χ0n) is 16.4. The van der Waals surface area contributed by atoms with Crippen molar-refractivity contribution in [2.45, 2.75) is 32.4 Å². The highest BCUT2D eigenvalue weighted by Gasteiger charge is 2.35. The summed E-state index contributed by atoms with van der Waals surface area (Å²) >= 11 is 1.18. The Kier molecular flexibility index (Phi) is 6.62. The van der Waals surface area contributed by atoms with Crippen LogP contribution in [0.4, 0.5) is 13.2 Å². The molecule has 1 atom stereocenters. The fourth-order valence-electron chi connectivity index (χ4n) is 3.27. The van der Waals surface area contributed by atoms with Crippen LogP contribution in [0.5, 0.6) is 0 Å². The third kappa shape index (κ3) is 5.18. The number of allylic oxidation sites excluding steroid dienone is 3. The molecule has 1 aliphatic rings. The number of hydrogen-bond donors (Lipinski definition) is 0. The SMILES string of the molecule is CCCCN(CC1C=CC=CC1)C(=O)c1ccc(-c2cc(C(F)(F)F)n(C)n2)s1. The lowest BCUT2D eigenvalue weighted by Gasteiger charge is -2.26. The number of nitrogens with zero attached hydrogens (tertiary/aromatic N) is 3. The molecule has 4 nitrogen and oxygen atoms in total. The number of halogens is 3. The van der Waals surface area contributed by atoms with Crippen molar-refractivity contribution in [3.8, 4) is 10.6 Å². The van der Waals surface area contributed by atoms with Gasteiger partial charge in [0.25, 0.3) is 5.91 Å². The number of amides is 1. The number of aromatic nitrogens is 2. The van der Waals surface area contributed by atoms with Gasteiger partial charge in [0.1, 0.15) is 11.4 Å². The Morgan fingerprint density at radius 1 is 1.34 bits per heavy atom. The van der Waals surface area contributed by atoms with E-state index >= 15 is 0 Å². The minimum atomic E-state index is -4.46. The summed E-state index contributed by atoms with van der Waals surface area (Å²) in [5.41, 5.74) is -0.583. The van der Waals surface area contributed by atoms with E-state index in [4.69, 9.17) is 0 Å². The molecule has 0 spiro atoms. The van der Waals surface area contributed by atoms with E-state index in [0.29, 0.717) is 22.8 Å². The number of carbonyl (C=O) groups excluding carboxylic acids is 1. The van der Waals surface area contributed by atoms with Crippen molar-refractivity contribution in [3.05, 3.63) is 53.1 Å². The normalized spacial score (nSPS) is 16.4. The lowest BCUT2D eigenvalue weighted by molar-refractivity contribution is -0.143. The number of hydrogen-bond acceptors (Lipinski definition) is 3. The Morgan fingerprint density at radius 3 is 2.76 bits per heavy atom. The number of carbonyl (C=O) groups is 1. The van der Waals surface area contributed by atoms with Gasteiger partial charge >= 0.3 is 6.18 Å². The van der Waals surface area contributed by atoms with Gasteiger partial charge in [-0.15, -0.1) is 11.3 Å². The predicted molar refractivity (Wildman–Crippen MR) is 109 cm³/mol. The van der Waals surface area contributed by atoms with Crippen molar-refractivity contribution in [2.75, 3.05) is 13.1 Å². The average Bonchev–Trinajstić information content (AvgIpc) is 3.32. The van der Waals surface area contributed by atoms with E-state index in [9.17, 15) is 18.0 Å². The van der Waals surface area contributed by atoms with Crippen LogP contribution in [0, 0.1) is 5.92 Å². The van der Waals surface area contributed by atoms with Gasteiger partial charge in [-0.1, -0.05) is 37.6 Å². The molecular weight excluding hydrogens is 399 g/mol. The first-order valence-corrected chi connectivity index (χ1v) is 10.4. The Bertz CT molecular complexity index is 911. The van der Waals surface area contributed by atoms with Crippen LogP contribution in [0.3, 0.4) is 0 Å². The van der Waals surface area contributed by atoms with Gasteiger partial charge in [0.2, 0.25) is 0 Å². The molecule has 156 valence electrons. The number of rotatable bonds is 7. The van der Waals surface area contributed by atoms with E-state index in [2.05, 4.69) is 24.2 Å². The second-order valence-electron chi connectivity index (χ2n) is 7.11. The topological polar surface area (TPSA) is 38.1 Å². The molecule has 0 fully saturated rings. The largest absolute Gasteiger partial charge is 0.433 e. The maximum absolute atomic E-state index is 13.1. The zero-order valence-corrected chi connectivity index (χ0v) is 17.3. The maximum atomic E-state index is 13.1. The predicted octanol–water partition coefficient (Wildman–Crippen LogP) is 5.54. The van der Waals surface area contributed by atoms with E-state index in [1.807, 2.05) is 17.1 Å². The van der Waals surface area contributed by atoms with Crippen molar-refractivity contribution in [2.24, 2.45) is 13.0 Å². The van der Waals surface area contributed by atoms with Crippen molar-refractivity contribution in [1.82, 2.24) is 14.7 Å². The van der Waals surface area contributed by atoms with Gasteiger partial charge in [-0.3, -0.25) is 9.48 Å². The number of thiophene rings is 1.